The summed E-state index contributed by atoms with van der Waals surface area (Å²) in [6, 6.07) is 0. The van der Waals surface area contributed by atoms with Gasteiger partial charge in [-0.2, -0.15) is 0 Å². The average Bonchev–Trinajstić information content (AvgIpc) is 3.48. The van der Waals surface area contributed by atoms with E-state index in [9.17, 15) is 29.2 Å². The van der Waals surface area contributed by atoms with Crippen LogP contribution in [-0.4, -0.2) is 69.2 Å². The van der Waals surface area contributed by atoms with Crippen molar-refractivity contribution < 1.29 is 52.9 Å². The molecule has 0 saturated heterocycles. The van der Waals surface area contributed by atoms with Crippen molar-refractivity contribution in [3.8, 4) is 0 Å². The number of carbonyl (C=O) groups excluding carboxylic acids is 3. The molecule has 352 valence electrons. The molecule has 0 aromatic heterocycles. The molecule has 1 unspecified atom stereocenters. The monoisotopic (exact) mass is 873 g/mol. The lowest BCUT2D eigenvalue weighted by atomic mass is 9.88. The third-order valence-electron chi connectivity index (χ3n) is 12.2. The van der Waals surface area contributed by atoms with E-state index in [0.717, 1.165) is 63.7 Å². The highest BCUT2D eigenvalue weighted by Crippen LogP contribution is 2.36. The molecule has 0 spiro atoms. The number of aliphatic hydroxyl groups excluding tert-OH is 2. The number of ketones is 1. The van der Waals surface area contributed by atoms with E-state index in [1.54, 1.807) is 6.08 Å². The van der Waals surface area contributed by atoms with E-state index in [1.165, 1.54) is 103 Å². The van der Waals surface area contributed by atoms with Crippen LogP contribution >= 0.6 is 7.82 Å². The van der Waals surface area contributed by atoms with E-state index in [0.29, 0.717) is 25.7 Å². The van der Waals surface area contributed by atoms with Gasteiger partial charge >= 0.3 is 19.8 Å². The van der Waals surface area contributed by atoms with Gasteiger partial charge in [-0.15, -0.1) is 0 Å². The summed E-state index contributed by atoms with van der Waals surface area (Å²) in [4.78, 5) is 55.8. The van der Waals surface area contributed by atoms with Crippen molar-refractivity contribution in [1.29, 1.82) is 0 Å². The molecule has 0 bridgehead atoms. The van der Waals surface area contributed by atoms with E-state index >= 15 is 0 Å². The fourth-order valence-corrected chi connectivity index (χ4v) is 8.49. The number of hydrogen-bond donors (Lipinski definition) is 4. The van der Waals surface area contributed by atoms with E-state index in [-0.39, 0.29) is 43.5 Å². The number of hydrogen-bond acceptors (Lipinski definition) is 9. The number of phosphoric ester groups is 1. The zero-order chi connectivity index (χ0) is 44.3. The Hall–Kier alpha value is -1.62. The van der Waals surface area contributed by atoms with Crippen molar-refractivity contribution in [3.63, 3.8) is 0 Å². The van der Waals surface area contributed by atoms with E-state index < -0.39 is 44.7 Å². The second-order valence-electron chi connectivity index (χ2n) is 17.8. The molecular formula is C48H89O11P. The van der Waals surface area contributed by atoms with Crippen LogP contribution in [0.15, 0.2) is 12.2 Å². The van der Waals surface area contributed by atoms with Crippen molar-refractivity contribution in [3.05, 3.63) is 12.2 Å². The molecular weight excluding hydrogens is 783 g/mol. The molecule has 1 aliphatic carbocycles. The van der Waals surface area contributed by atoms with Gasteiger partial charge in [0.25, 0.3) is 0 Å². The number of phosphoric acid groups is 1. The maximum absolute atomic E-state index is 12.5. The first kappa shape index (κ1) is 56.4. The van der Waals surface area contributed by atoms with Crippen LogP contribution in [0.2, 0.25) is 0 Å². The standard InChI is InChI=1S/C48H89O11P/c1-4-6-25-31-41(49)35-36-44-43(45(50)37-46(44)51)32-27-23-24-28-33-47(52)57-38-42(39-58-60(54,55)56)59-48(53)34-29-22-20-18-16-14-12-10-8-7-9-11-13-15-17-19-21-26-30-40(3)5-2/h35-36,40-44,46,49,51H,4-34,37-39H2,1-3H3,(H2,54,55,56)/b36-35+/t40?,41-,42+,43+,44+,46+/m0/s1. The van der Waals surface area contributed by atoms with Gasteiger partial charge in [-0.3, -0.25) is 18.9 Å². The second-order valence-corrected chi connectivity index (χ2v) is 19.1. The molecule has 12 heteroatoms. The normalized spacial score (nSPS) is 18.6. The number of rotatable bonds is 41. The summed E-state index contributed by atoms with van der Waals surface area (Å²) in [7, 11) is -4.81. The molecule has 4 N–H and O–H groups in total. The molecule has 0 aromatic carbocycles. The molecule has 6 atom stereocenters. The highest BCUT2D eigenvalue weighted by atomic mass is 31.2. The lowest BCUT2D eigenvalue weighted by molar-refractivity contribution is -0.161. The number of esters is 2. The minimum atomic E-state index is -4.81. The predicted octanol–water partition coefficient (Wildman–Crippen LogP) is 11.8. The van der Waals surface area contributed by atoms with Crippen molar-refractivity contribution in [2.24, 2.45) is 17.8 Å². The fourth-order valence-electron chi connectivity index (χ4n) is 8.13. The van der Waals surface area contributed by atoms with Gasteiger partial charge in [0.05, 0.1) is 18.8 Å². The van der Waals surface area contributed by atoms with Gasteiger partial charge in [-0.05, 0) is 31.6 Å². The first-order valence-electron chi connectivity index (χ1n) is 24.5. The summed E-state index contributed by atoms with van der Waals surface area (Å²) in [5.74, 6) is -0.667. The number of Topliss-reactive ketones (excluding diaryl/α,β-unsaturated/α-hetero) is 1. The molecule has 1 fully saturated rings. The zero-order valence-electron chi connectivity index (χ0n) is 38.3. The third-order valence-corrected chi connectivity index (χ3v) is 12.7. The second kappa shape index (κ2) is 36.8. The van der Waals surface area contributed by atoms with E-state index in [2.05, 4.69) is 25.3 Å². The van der Waals surface area contributed by atoms with Gasteiger partial charge in [-0.1, -0.05) is 193 Å². The largest absolute Gasteiger partial charge is 0.469 e. The van der Waals surface area contributed by atoms with E-state index in [4.69, 9.17) is 19.3 Å². The summed E-state index contributed by atoms with van der Waals surface area (Å²) >= 11 is 0. The Morgan fingerprint density at radius 2 is 1.18 bits per heavy atom. The molecule has 0 aliphatic heterocycles. The van der Waals surface area contributed by atoms with Crippen LogP contribution in [0, 0.1) is 17.8 Å². The number of ether oxygens (including phenoxy) is 2. The van der Waals surface area contributed by atoms with Crippen molar-refractivity contribution in [1.82, 2.24) is 0 Å². The fraction of sp³-hybridized carbons (Fsp3) is 0.896. The van der Waals surface area contributed by atoms with Crippen LogP contribution in [-0.2, 0) is 32.9 Å². The molecule has 0 heterocycles. The van der Waals surface area contributed by atoms with Crippen molar-refractivity contribution in [2.45, 2.75) is 245 Å². The highest BCUT2D eigenvalue weighted by Gasteiger charge is 2.39. The Morgan fingerprint density at radius 1 is 0.700 bits per heavy atom. The Kier molecular flexibility index (Phi) is 34.6. The van der Waals surface area contributed by atoms with Crippen LogP contribution in [0.5, 0.6) is 0 Å². The number of unbranched alkanes of at least 4 members (excludes halogenated alkanes) is 22. The smallest absolute Gasteiger partial charge is 0.462 e. The summed E-state index contributed by atoms with van der Waals surface area (Å²) in [6.45, 7) is 5.80. The summed E-state index contributed by atoms with van der Waals surface area (Å²) in [5, 5.41) is 20.7. The zero-order valence-corrected chi connectivity index (χ0v) is 39.1. The quantitative estimate of drug-likeness (QED) is 0.0199. The number of aliphatic hydroxyl groups is 2. The number of carbonyl (C=O) groups is 3. The van der Waals surface area contributed by atoms with Crippen molar-refractivity contribution >= 4 is 25.5 Å². The summed E-state index contributed by atoms with van der Waals surface area (Å²) in [6.07, 6.45) is 34.0. The molecule has 1 aliphatic rings. The van der Waals surface area contributed by atoms with Gasteiger partial charge in [0.15, 0.2) is 6.10 Å². The average molecular weight is 873 g/mol. The molecule has 1 rings (SSSR count). The van der Waals surface area contributed by atoms with Crippen LogP contribution < -0.4 is 0 Å². The topological polar surface area (TPSA) is 177 Å². The SMILES string of the molecule is CCCCC[C@H](O)/C=C/[C@H]1[C@H](O)CC(=O)[C@@H]1CCCCCCC(=O)OC[C@H](COP(=O)(O)O)OC(=O)CCCCCCCCCCCCCCCCCCCCC(C)CC. The van der Waals surface area contributed by atoms with Gasteiger partial charge in [0.1, 0.15) is 12.4 Å². The molecule has 1 saturated carbocycles. The van der Waals surface area contributed by atoms with Gasteiger partial charge in [0, 0.05) is 31.1 Å². The van der Waals surface area contributed by atoms with Crippen LogP contribution in [0.1, 0.15) is 226 Å². The molecule has 11 nitrogen and oxygen atoms in total. The van der Waals surface area contributed by atoms with E-state index in [1.807, 2.05) is 6.08 Å². The Bertz CT molecular complexity index is 1160. The predicted molar refractivity (Wildman–Crippen MR) is 240 cm³/mol. The molecule has 0 radical (unpaired) electrons. The first-order chi connectivity index (χ1) is 28.9. The molecule has 0 amide bonds. The molecule has 0 aromatic rings. The Labute approximate surface area is 365 Å². The Morgan fingerprint density at radius 3 is 1.70 bits per heavy atom. The van der Waals surface area contributed by atoms with Gasteiger partial charge in [-0.25, -0.2) is 4.57 Å². The first-order valence-corrected chi connectivity index (χ1v) is 26.0. The van der Waals surface area contributed by atoms with Crippen LogP contribution in [0.25, 0.3) is 0 Å². The maximum Gasteiger partial charge on any atom is 0.469 e. The molecule has 60 heavy (non-hydrogen) atoms. The minimum Gasteiger partial charge on any atom is -0.462 e. The lowest BCUT2D eigenvalue weighted by Crippen LogP contribution is -2.29. The lowest BCUT2D eigenvalue weighted by Gasteiger charge is -2.18. The minimum absolute atomic E-state index is 0.0462. The summed E-state index contributed by atoms with van der Waals surface area (Å²) < 4.78 is 26.5. The van der Waals surface area contributed by atoms with Crippen LogP contribution in [0.3, 0.4) is 0 Å². The van der Waals surface area contributed by atoms with Crippen LogP contribution in [0.4, 0.5) is 0 Å². The third kappa shape index (κ3) is 32.1. The Balaban J connectivity index is 2.15. The van der Waals surface area contributed by atoms with Gasteiger partial charge in [0.2, 0.25) is 0 Å². The maximum atomic E-state index is 12.5. The van der Waals surface area contributed by atoms with Gasteiger partial charge < -0.3 is 29.5 Å². The highest BCUT2D eigenvalue weighted by molar-refractivity contribution is 7.46. The summed E-state index contributed by atoms with van der Waals surface area (Å²) in [5.41, 5.74) is 0. The van der Waals surface area contributed by atoms with Crippen molar-refractivity contribution in [2.75, 3.05) is 13.2 Å².